The van der Waals surface area contributed by atoms with E-state index in [0.29, 0.717) is 18.2 Å². The highest BCUT2D eigenvalue weighted by Crippen LogP contribution is 2.14. The van der Waals surface area contributed by atoms with E-state index < -0.39 is 5.54 Å². The highest BCUT2D eigenvalue weighted by molar-refractivity contribution is 7.09. The van der Waals surface area contributed by atoms with Gasteiger partial charge in [0.1, 0.15) is 5.69 Å². The van der Waals surface area contributed by atoms with Crippen molar-refractivity contribution in [2.75, 3.05) is 6.54 Å². The molecule has 0 unspecified atom stereocenters. The number of carbonyl (C=O) groups is 1. The Balaban J connectivity index is 2.55. The molecular formula is C12H21N3OS. The maximum atomic E-state index is 11.8. The van der Waals surface area contributed by atoms with E-state index in [1.54, 1.807) is 5.38 Å². The van der Waals surface area contributed by atoms with Gasteiger partial charge < -0.3 is 11.1 Å². The molecule has 0 aromatic carbocycles. The first-order chi connectivity index (χ1) is 7.78. The smallest absolute Gasteiger partial charge is 0.270 e. The molecule has 1 rings (SSSR count). The van der Waals surface area contributed by atoms with Crippen LogP contribution in [0.3, 0.4) is 0 Å². The molecule has 1 amide bonds. The average molecular weight is 255 g/mol. The number of rotatable bonds is 5. The Kier molecular flexibility index (Phi) is 4.65. The van der Waals surface area contributed by atoms with Gasteiger partial charge in [-0.2, -0.15) is 0 Å². The van der Waals surface area contributed by atoms with E-state index in [1.807, 2.05) is 13.8 Å². The number of carbonyl (C=O) groups excluding carboxylic acids is 1. The van der Waals surface area contributed by atoms with E-state index in [2.05, 4.69) is 24.1 Å². The van der Waals surface area contributed by atoms with Gasteiger partial charge in [-0.05, 0) is 19.8 Å². The second-order valence-corrected chi connectivity index (χ2v) is 6.34. The highest BCUT2D eigenvalue weighted by Gasteiger charge is 2.15. The van der Waals surface area contributed by atoms with Gasteiger partial charge in [-0.15, -0.1) is 11.3 Å². The molecule has 0 aliphatic carbocycles. The lowest BCUT2D eigenvalue weighted by Gasteiger charge is -2.18. The first kappa shape index (κ1) is 14.1. The Morgan fingerprint density at radius 3 is 2.76 bits per heavy atom. The lowest BCUT2D eigenvalue weighted by molar-refractivity contribution is 0.0941. The molecule has 0 atom stereocenters. The molecule has 0 bridgehead atoms. The summed E-state index contributed by atoms with van der Waals surface area (Å²) >= 11 is 1.54. The van der Waals surface area contributed by atoms with Crippen LogP contribution in [-0.4, -0.2) is 23.0 Å². The summed E-state index contributed by atoms with van der Waals surface area (Å²) in [4.78, 5) is 16.1. The minimum absolute atomic E-state index is 0.144. The van der Waals surface area contributed by atoms with Gasteiger partial charge in [0, 0.05) is 23.9 Å². The van der Waals surface area contributed by atoms with Gasteiger partial charge in [0.15, 0.2) is 0 Å². The quantitative estimate of drug-likeness (QED) is 0.843. The van der Waals surface area contributed by atoms with Crippen LogP contribution < -0.4 is 11.1 Å². The molecule has 96 valence electrons. The van der Waals surface area contributed by atoms with Crippen LogP contribution >= 0.6 is 11.3 Å². The third kappa shape index (κ3) is 5.28. The maximum absolute atomic E-state index is 11.8. The molecule has 5 heteroatoms. The largest absolute Gasteiger partial charge is 0.349 e. The molecule has 0 saturated carbocycles. The fraction of sp³-hybridized carbons (Fsp3) is 0.667. The molecule has 0 saturated heterocycles. The van der Waals surface area contributed by atoms with Gasteiger partial charge in [0.25, 0.3) is 5.91 Å². The fourth-order valence-corrected chi connectivity index (χ4v) is 2.24. The van der Waals surface area contributed by atoms with E-state index in [9.17, 15) is 4.79 Å². The summed E-state index contributed by atoms with van der Waals surface area (Å²) in [7, 11) is 0. The number of thiazole rings is 1. The minimum atomic E-state index is -0.396. The molecular weight excluding hydrogens is 234 g/mol. The zero-order valence-corrected chi connectivity index (χ0v) is 11.7. The van der Waals surface area contributed by atoms with Crippen LogP contribution in [0.4, 0.5) is 0 Å². The van der Waals surface area contributed by atoms with Gasteiger partial charge in [-0.1, -0.05) is 13.8 Å². The molecule has 1 heterocycles. The monoisotopic (exact) mass is 255 g/mol. The minimum Gasteiger partial charge on any atom is -0.349 e. The van der Waals surface area contributed by atoms with Crippen molar-refractivity contribution >= 4 is 17.2 Å². The molecule has 0 fully saturated rings. The molecule has 3 N–H and O–H groups in total. The third-order valence-corrected chi connectivity index (χ3v) is 2.94. The highest BCUT2D eigenvalue weighted by atomic mass is 32.1. The Labute approximate surface area is 107 Å². The molecule has 1 aromatic rings. The van der Waals surface area contributed by atoms with Gasteiger partial charge in [-0.25, -0.2) is 4.98 Å². The van der Waals surface area contributed by atoms with Gasteiger partial charge in [-0.3, -0.25) is 4.79 Å². The van der Waals surface area contributed by atoms with Crippen LogP contribution in [0.1, 0.15) is 43.2 Å². The molecule has 0 aliphatic heterocycles. The number of nitrogens with zero attached hydrogens (tertiary/aromatic N) is 1. The van der Waals surface area contributed by atoms with Crippen LogP contribution in [0.2, 0.25) is 0 Å². The van der Waals surface area contributed by atoms with Crippen LogP contribution in [0, 0.1) is 5.92 Å². The Morgan fingerprint density at radius 2 is 2.24 bits per heavy atom. The predicted octanol–water partition coefficient (Wildman–Crippen LogP) is 1.81. The Hall–Kier alpha value is -0.940. The zero-order valence-electron chi connectivity index (χ0n) is 10.9. The predicted molar refractivity (Wildman–Crippen MR) is 71.3 cm³/mol. The van der Waals surface area contributed by atoms with Crippen LogP contribution in [0.5, 0.6) is 0 Å². The number of hydrogen-bond acceptors (Lipinski definition) is 4. The third-order valence-electron chi connectivity index (χ3n) is 2.07. The second kappa shape index (κ2) is 5.60. The van der Waals surface area contributed by atoms with Gasteiger partial charge in [0.05, 0.1) is 5.01 Å². The number of aromatic nitrogens is 1. The number of nitrogens with two attached hydrogens (primary N) is 1. The topological polar surface area (TPSA) is 68.0 Å². The summed E-state index contributed by atoms with van der Waals surface area (Å²) in [5.41, 5.74) is 5.90. The van der Waals surface area contributed by atoms with Gasteiger partial charge >= 0.3 is 0 Å². The maximum Gasteiger partial charge on any atom is 0.270 e. The average Bonchev–Trinajstić information content (AvgIpc) is 2.60. The van der Waals surface area contributed by atoms with Crippen molar-refractivity contribution < 1.29 is 4.79 Å². The molecule has 0 radical (unpaired) electrons. The molecule has 0 spiro atoms. The lowest BCUT2D eigenvalue weighted by atomic mass is 10.1. The summed E-state index contributed by atoms with van der Waals surface area (Å²) in [6.45, 7) is 8.47. The van der Waals surface area contributed by atoms with Crippen molar-refractivity contribution in [3.63, 3.8) is 0 Å². The number of hydrogen-bond donors (Lipinski definition) is 2. The Bertz CT molecular complexity index is 379. The van der Waals surface area contributed by atoms with Crippen molar-refractivity contribution in [1.82, 2.24) is 10.3 Å². The first-order valence-electron chi connectivity index (χ1n) is 5.79. The molecule has 17 heavy (non-hydrogen) atoms. The number of nitrogens with one attached hydrogen (secondary N) is 1. The number of amides is 1. The van der Waals surface area contributed by atoms with Crippen molar-refractivity contribution in [1.29, 1.82) is 0 Å². The van der Waals surface area contributed by atoms with E-state index in [1.165, 1.54) is 11.3 Å². The zero-order chi connectivity index (χ0) is 13.1. The van der Waals surface area contributed by atoms with E-state index in [-0.39, 0.29) is 5.91 Å². The first-order valence-corrected chi connectivity index (χ1v) is 6.67. The van der Waals surface area contributed by atoms with Crippen LogP contribution in [0.15, 0.2) is 5.38 Å². The summed E-state index contributed by atoms with van der Waals surface area (Å²) < 4.78 is 0. The van der Waals surface area contributed by atoms with Crippen LogP contribution in [-0.2, 0) is 6.42 Å². The van der Waals surface area contributed by atoms with Crippen LogP contribution in [0.25, 0.3) is 0 Å². The van der Waals surface area contributed by atoms with Gasteiger partial charge in [0.2, 0.25) is 0 Å². The SMILES string of the molecule is CC(C)Cc1nc(C(=O)NCC(C)(C)N)cs1. The van der Waals surface area contributed by atoms with Crippen molar-refractivity contribution in [3.05, 3.63) is 16.1 Å². The fourth-order valence-electron chi connectivity index (χ4n) is 1.26. The van der Waals surface area contributed by atoms with E-state index in [4.69, 9.17) is 5.73 Å². The summed E-state index contributed by atoms with van der Waals surface area (Å²) in [6.07, 6.45) is 0.917. The summed E-state index contributed by atoms with van der Waals surface area (Å²) in [6, 6.07) is 0. The summed E-state index contributed by atoms with van der Waals surface area (Å²) in [5.74, 6) is 0.412. The van der Waals surface area contributed by atoms with Crippen molar-refractivity contribution in [2.45, 2.75) is 39.7 Å². The molecule has 0 aliphatic rings. The molecule has 4 nitrogen and oxygen atoms in total. The standard InChI is InChI=1S/C12H21N3OS/c1-8(2)5-10-15-9(6-17-10)11(16)14-7-12(3,4)13/h6,8H,5,7,13H2,1-4H3,(H,14,16). The van der Waals surface area contributed by atoms with Crippen molar-refractivity contribution in [2.24, 2.45) is 11.7 Å². The lowest BCUT2D eigenvalue weighted by Crippen LogP contribution is -2.45. The van der Waals surface area contributed by atoms with E-state index in [0.717, 1.165) is 11.4 Å². The van der Waals surface area contributed by atoms with E-state index >= 15 is 0 Å². The molecule has 1 aromatic heterocycles. The Morgan fingerprint density at radius 1 is 1.59 bits per heavy atom. The normalized spacial score (nSPS) is 11.9. The second-order valence-electron chi connectivity index (χ2n) is 5.40. The summed E-state index contributed by atoms with van der Waals surface area (Å²) in [5, 5.41) is 5.60. The van der Waals surface area contributed by atoms with Crippen molar-refractivity contribution in [3.8, 4) is 0 Å².